The van der Waals surface area contributed by atoms with Gasteiger partial charge >= 0.3 is 0 Å². The van der Waals surface area contributed by atoms with Crippen LogP contribution in [-0.2, 0) is 11.2 Å². The third-order valence-corrected chi connectivity index (χ3v) is 2.96. The van der Waals surface area contributed by atoms with Gasteiger partial charge in [-0.2, -0.15) is 0 Å². The van der Waals surface area contributed by atoms with Crippen molar-refractivity contribution in [2.45, 2.75) is 31.7 Å². The molecule has 15 heavy (non-hydrogen) atoms. The average molecular weight is 230 g/mol. The van der Waals surface area contributed by atoms with Crippen LogP contribution in [0.5, 0.6) is 0 Å². The Kier molecular flexibility index (Phi) is 3.97. The molecule has 1 aromatic rings. The first-order valence-corrected chi connectivity index (χ1v) is 5.98. The highest BCUT2D eigenvalue weighted by molar-refractivity contribution is 6.17. The molecule has 0 unspecified atom stereocenters. The number of hydrogen-bond donors (Lipinski definition) is 0. The van der Waals surface area contributed by atoms with Crippen LogP contribution in [0.4, 0.5) is 0 Å². The molecule has 0 aliphatic carbocycles. The maximum absolute atomic E-state index is 5.64. The smallest absolute Gasteiger partial charge is 0.0827 e. The van der Waals surface area contributed by atoms with Crippen molar-refractivity contribution in [2.24, 2.45) is 0 Å². The number of ether oxygens (including phenoxy) is 1. The molecule has 2 rings (SSSR count). The monoisotopic (exact) mass is 229 g/mol. The Morgan fingerprint density at radius 3 is 3.00 bits per heavy atom. The van der Waals surface area contributed by atoms with E-state index in [9.17, 15) is 0 Å². The van der Waals surface area contributed by atoms with Crippen molar-refractivity contribution in [1.82, 2.24) is 15.0 Å². The third kappa shape index (κ3) is 2.92. The van der Waals surface area contributed by atoms with Gasteiger partial charge in [-0.25, -0.2) is 4.68 Å². The van der Waals surface area contributed by atoms with Gasteiger partial charge in [-0.15, -0.1) is 16.7 Å². The predicted molar refractivity (Wildman–Crippen MR) is 58.2 cm³/mol. The van der Waals surface area contributed by atoms with Gasteiger partial charge in [0.2, 0.25) is 0 Å². The molecule has 1 saturated heterocycles. The molecule has 1 aromatic heterocycles. The van der Waals surface area contributed by atoms with Crippen molar-refractivity contribution in [1.29, 1.82) is 0 Å². The van der Waals surface area contributed by atoms with Crippen LogP contribution in [0.2, 0.25) is 0 Å². The lowest BCUT2D eigenvalue weighted by Crippen LogP contribution is -2.19. The molecular weight excluding hydrogens is 214 g/mol. The van der Waals surface area contributed by atoms with Crippen molar-refractivity contribution >= 4 is 11.6 Å². The molecule has 4 nitrogen and oxygen atoms in total. The summed E-state index contributed by atoms with van der Waals surface area (Å²) in [7, 11) is 0. The Labute approximate surface area is 94.6 Å². The summed E-state index contributed by atoms with van der Waals surface area (Å²) in [6, 6.07) is 0.469. The van der Waals surface area contributed by atoms with Crippen molar-refractivity contribution in [3.05, 3.63) is 11.9 Å². The average Bonchev–Trinajstić information content (AvgIpc) is 2.76. The summed E-state index contributed by atoms with van der Waals surface area (Å²) in [4.78, 5) is 0. The molecule has 0 spiro atoms. The van der Waals surface area contributed by atoms with E-state index in [2.05, 4.69) is 10.3 Å². The van der Waals surface area contributed by atoms with Gasteiger partial charge in [-0.05, 0) is 25.7 Å². The zero-order valence-corrected chi connectivity index (χ0v) is 9.49. The fourth-order valence-corrected chi connectivity index (χ4v) is 1.94. The van der Waals surface area contributed by atoms with Gasteiger partial charge in [-0.1, -0.05) is 5.21 Å². The zero-order chi connectivity index (χ0) is 10.5. The summed E-state index contributed by atoms with van der Waals surface area (Å²) in [5, 5.41) is 8.30. The maximum atomic E-state index is 5.64. The van der Waals surface area contributed by atoms with E-state index >= 15 is 0 Å². The van der Waals surface area contributed by atoms with Gasteiger partial charge in [0.05, 0.1) is 11.7 Å². The van der Waals surface area contributed by atoms with Crippen LogP contribution < -0.4 is 0 Å². The van der Waals surface area contributed by atoms with Crippen molar-refractivity contribution in [3.63, 3.8) is 0 Å². The van der Waals surface area contributed by atoms with E-state index in [1.165, 1.54) is 0 Å². The Morgan fingerprint density at radius 2 is 2.27 bits per heavy atom. The maximum Gasteiger partial charge on any atom is 0.0827 e. The number of halogens is 1. The lowest BCUT2D eigenvalue weighted by atomic mass is 10.1. The first-order valence-electron chi connectivity index (χ1n) is 5.44. The SMILES string of the molecule is ClCCCc1cn(C2CCOCC2)nn1. The van der Waals surface area contributed by atoms with E-state index in [1.54, 1.807) is 0 Å². The lowest BCUT2D eigenvalue weighted by molar-refractivity contribution is 0.0657. The molecule has 1 fully saturated rings. The Bertz CT molecular complexity index is 297. The van der Waals surface area contributed by atoms with Crippen molar-refractivity contribution in [2.75, 3.05) is 19.1 Å². The molecule has 0 bridgehead atoms. The second-order valence-electron chi connectivity index (χ2n) is 3.83. The number of alkyl halides is 1. The number of hydrogen-bond acceptors (Lipinski definition) is 3. The van der Waals surface area contributed by atoms with Crippen LogP contribution >= 0.6 is 11.6 Å². The van der Waals surface area contributed by atoms with E-state index in [0.29, 0.717) is 11.9 Å². The molecule has 0 saturated carbocycles. The summed E-state index contributed by atoms with van der Waals surface area (Å²) in [5.74, 6) is 0.685. The van der Waals surface area contributed by atoms with Gasteiger partial charge in [0, 0.05) is 25.3 Å². The molecule has 0 amide bonds. The first kappa shape index (κ1) is 10.9. The summed E-state index contributed by atoms with van der Waals surface area (Å²) in [6.07, 6.45) is 6.01. The van der Waals surface area contributed by atoms with E-state index in [4.69, 9.17) is 16.3 Å². The van der Waals surface area contributed by atoms with E-state index in [-0.39, 0.29) is 0 Å². The minimum absolute atomic E-state index is 0.469. The van der Waals surface area contributed by atoms with Crippen LogP contribution in [0.3, 0.4) is 0 Å². The Morgan fingerprint density at radius 1 is 1.47 bits per heavy atom. The van der Waals surface area contributed by atoms with Gasteiger partial charge in [-0.3, -0.25) is 0 Å². The lowest BCUT2D eigenvalue weighted by Gasteiger charge is -2.21. The van der Waals surface area contributed by atoms with Crippen LogP contribution in [0, 0.1) is 0 Å². The molecule has 5 heteroatoms. The minimum Gasteiger partial charge on any atom is -0.381 e. The highest BCUT2D eigenvalue weighted by Crippen LogP contribution is 2.19. The zero-order valence-electron chi connectivity index (χ0n) is 8.73. The van der Waals surface area contributed by atoms with Crippen LogP contribution in [0.15, 0.2) is 6.20 Å². The molecule has 0 radical (unpaired) electrons. The highest BCUT2D eigenvalue weighted by atomic mass is 35.5. The van der Waals surface area contributed by atoms with E-state index < -0.39 is 0 Å². The molecule has 1 aliphatic rings. The normalized spacial score (nSPS) is 18.2. The molecule has 0 aromatic carbocycles. The minimum atomic E-state index is 0.469. The standard InChI is InChI=1S/C10H16ClN3O/c11-5-1-2-9-8-14(13-12-9)10-3-6-15-7-4-10/h8,10H,1-7H2. The molecule has 0 atom stereocenters. The van der Waals surface area contributed by atoms with Gasteiger partial charge < -0.3 is 4.74 Å². The number of rotatable bonds is 4. The van der Waals surface area contributed by atoms with E-state index in [1.807, 2.05) is 10.9 Å². The fraction of sp³-hybridized carbons (Fsp3) is 0.800. The van der Waals surface area contributed by atoms with Gasteiger partial charge in [0.1, 0.15) is 0 Å². The summed E-state index contributed by atoms with van der Waals surface area (Å²) >= 11 is 5.64. The largest absolute Gasteiger partial charge is 0.381 e. The van der Waals surface area contributed by atoms with Crippen molar-refractivity contribution in [3.8, 4) is 0 Å². The topological polar surface area (TPSA) is 39.9 Å². The van der Waals surface area contributed by atoms with Gasteiger partial charge in [0.25, 0.3) is 0 Å². The number of aromatic nitrogens is 3. The van der Waals surface area contributed by atoms with Crippen LogP contribution in [0.1, 0.15) is 31.0 Å². The molecule has 84 valence electrons. The van der Waals surface area contributed by atoms with Gasteiger partial charge in [0.15, 0.2) is 0 Å². The fourth-order valence-electron chi connectivity index (χ4n) is 1.80. The van der Waals surface area contributed by atoms with E-state index in [0.717, 1.165) is 44.6 Å². The van der Waals surface area contributed by atoms with Crippen molar-refractivity contribution < 1.29 is 4.74 Å². The molecule has 1 aliphatic heterocycles. The summed E-state index contributed by atoms with van der Waals surface area (Å²) < 4.78 is 7.29. The summed E-state index contributed by atoms with van der Waals surface area (Å²) in [6.45, 7) is 1.67. The molecule has 2 heterocycles. The Hall–Kier alpha value is -0.610. The third-order valence-electron chi connectivity index (χ3n) is 2.69. The van der Waals surface area contributed by atoms with Crippen LogP contribution in [-0.4, -0.2) is 34.1 Å². The van der Waals surface area contributed by atoms with Crippen LogP contribution in [0.25, 0.3) is 0 Å². The number of aryl methyl sites for hydroxylation is 1. The first-order chi connectivity index (χ1) is 7.40. The molecule has 0 N–H and O–H groups in total. The second kappa shape index (κ2) is 5.47. The predicted octanol–water partition coefficient (Wildman–Crippen LogP) is 1.80. The second-order valence-corrected chi connectivity index (χ2v) is 4.20. The summed E-state index contributed by atoms with van der Waals surface area (Å²) in [5.41, 5.74) is 1.04. The highest BCUT2D eigenvalue weighted by Gasteiger charge is 2.16. The molecular formula is C10H16ClN3O. The Balaban J connectivity index is 1.93. The quantitative estimate of drug-likeness (QED) is 0.740. The number of nitrogens with zero attached hydrogens (tertiary/aromatic N) is 3.